The second-order valence-corrected chi connectivity index (χ2v) is 6.34. The maximum atomic E-state index is 5.37. The molecule has 0 aromatic heterocycles. The van der Waals surface area contributed by atoms with E-state index < -0.39 is 0 Å². The van der Waals surface area contributed by atoms with Crippen LogP contribution in [0.25, 0.3) is 0 Å². The molecule has 0 atom stereocenters. The number of rotatable bonds is 3. The van der Waals surface area contributed by atoms with Crippen molar-refractivity contribution in [2.75, 3.05) is 33.2 Å². The molecule has 1 aliphatic rings. The van der Waals surface area contributed by atoms with Crippen LogP contribution in [0.2, 0.25) is 0 Å². The van der Waals surface area contributed by atoms with Gasteiger partial charge < -0.3 is 15.1 Å². The van der Waals surface area contributed by atoms with Crippen LogP contribution in [0.3, 0.4) is 0 Å². The number of nitrogens with one attached hydrogen (secondary N) is 2. The third-order valence-electron chi connectivity index (χ3n) is 4.58. The van der Waals surface area contributed by atoms with Crippen molar-refractivity contribution in [1.82, 2.24) is 10.2 Å². The van der Waals surface area contributed by atoms with Crippen molar-refractivity contribution in [2.45, 2.75) is 6.04 Å². The Morgan fingerprint density at radius 2 is 1.43 bits per heavy atom. The second-order valence-electron chi connectivity index (χ2n) is 5.95. The summed E-state index contributed by atoms with van der Waals surface area (Å²) in [4.78, 5) is 3.88. The van der Waals surface area contributed by atoms with Crippen LogP contribution in [0.4, 0.5) is 0 Å². The predicted molar refractivity (Wildman–Crippen MR) is 98.7 cm³/mol. The Bertz CT molecular complexity index is 582. The lowest BCUT2D eigenvalue weighted by molar-refractivity contribution is -0.929. The van der Waals surface area contributed by atoms with E-state index in [1.165, 1.54) is 11.1 Å². The second kappa shape index (κ2) is 7.57. The van der Waals surface area contributed by atoms with E-state index in [0.717, 1.165) is 31.3 Å². The van der Waals surface area contributed by atoms with Gasteiger partial charge >= 0.3 is 0 Å². The summed E-state index contributed by atoms with van der Waals surface area (Å²) in [6.45, 7) is 4.20. The number of quaternary nitrogens is 1. The van der Waals surface area contributed by atoms with Gasteiger partial charge in [-0.15, -0.1) is 0 Å². The largest absolute Gasteiger partial charge is 0.366 e. The zero-order chi connectivity index (χ0) is 16.1. The molecular weight excluding hydrogens is 302 g/mol. The molecule has 3 nitrogen and oxygen atoms in total. The molecule has 23 heavy (non-hydrogen) atoms. The van der Waals surface area contributed by atoms with Gasteiger partial charge in [0.1, 0.15) is 6.04 Å². The molecule has 1 aliphatic heterocycles. The minimum atomic E-state index is 0.391. The van der Waals surface area contributed by atoms with Crippen LogP contribution in [-0.4, -0.2) is 43.2 Å². The van der Waals surface area contributed by atoms with Crippen LogP contribution >= 0.6 is 12.2 Å². The van der Waals surface area contributed by atoms with Gasteiger partial charge in [-0.2, -0.15) is 0 Å². The van der Waals surface area contributed by atoms with Crippen molar-refractivity contribution in [2.24, 2.45) is 0 Å². The molecule has 0 amide bonds. The molecule has 2 N–H and O–H groups in total. The van der Waals surface area contributed by atoms with Crippen LogP contribution in [0.1, 0.15) is 17.2 Å². The SMILES string of the molecule is CNC(=S)N1CC[NH+](C(c2ccccc2)c2ccccc2)CC1. The van der Waals surface area contributed by atoms with E-state index in [1.807, 2.05) is 7.05 Å². The molecule has 2 aromatic carbocycles. The molecule has 0 radical (unpaired) electrons. The Balaban J connectivity index is 1.82. The predicted octanol–water partition coefficient (Wildman–Crippen LogP) is 1.48. The summed E-state index contributed by atoms with van der Waals surface area (Å²) < 4.78 is 0. The standard InChI is InChI=1S/C19H23N3S/c1-20-19(23)22-14-12-21(13-15-22)18(16-8-4-2-5-9-16)17-10-6-3-7-11-17/h2-11,18H,12-15H2,1H3,(H,20,23)/p+1. The molecule has 1 fully saturated rings. The average Bonchev–Trinajstić information content (AvgIpc) is 2.64. The summed E-state index contributed by atoms with van der Waals surface area (Å²) in [7, 11) is 1.90. The van der Waals surface area contributed by atoms with Gasteiger partial charge in [-0.1, -0.05) is 60.7 Å². The fraction of sp³-hybridized carbons (Fsp3) is 0.316. The lowest BCUT2D eigenvalue weighted by Gasteiger charge is -2.37. The molecule has 0 bridgehead atoms. The van der Waals surface area contributed by atoms with Crippen molar-refractivity contribution in [3.05, 3.63) is 71.8 Å². The minimum Gasteiger partial charge on any atom is -0.366 e. The first-order chi connectivity index (χ1) is 11.3. The summed E-state index contributed by atoms with van der Waals surface area (Å²) in [5, 5.41) is 3.95. The van der Waals surface area contributed by atoms with Crippen molar-refractivity contribution in [1.29, 1.82) is 0 Å². The zero-order valence-electron chi connectivity index (χ0n) is 13.5. The van der Waals surface area contributed by atoms with Gasteiger partial charge in [-0.25, -0.2) is 0 Å². The molecule has 0 unspecified atom stereocenters. The highest BCUT2D eigenvalue weighted by atomic mass is 32.1. The number of piperazine rings is 1. The highest BCUT2D eigenvalue weighted by Crippen LogP contribution is 2.19. The smallest absolute Gasteiger partial charge is 0.169 e. The molecule has 0 aliphatic carbocycles. The van der Waals surface area contributed by atoms with Crippen molar-refractivity contribution in [3.8, 4) is 0 Å². The van der Waals surface area contributed by atoms with Gasteiger partial charge in [0.25, 0.3) is 0 Å². The molecule has 3 rings (SSSR count). The molecule has 4 heteroatoms. The number of nitrogens with zero attached hydrogens (tertiary/aromatic N) is 1. The molecule has 120 valence electrons. The fourth-order valence-electron chi connectivity index (χ4n) is 3.40. The monoisotopic (exact) mass is 326 g/mol. The van der Waals surface area contributed by atoms with Gasteiger partial charge in [0.05, 0.1) is 26.2 Å². The summed E-state index contributed by atoms with van der Waals surface area (Å²) in [6, 6.07) is 22.1. The maximum Gasteiger partial charge on any atom is 0.169 e. The molecule has 0 spiro atoms. The van der Waals surface area contributed by atoms with Crippen molar-refractivity contribution in [3.63, 3.8) is 0 Å². The Morgan fingerprint density at radius 1 is 0.957 bits per heavy atom. The molecular formula is C19H24N3S+. The van der Waals surface area contributed by atoms with Crippen LogP contribution < -0.4 is 10.2 Å². The van der Waals surface area contributed by atoms with E-state index in [-0.39, 0.29) is 0 Å². The van der Waals surface area contributed by atoms with Gasteiger partial charge in [-0.3, -0.25) is 0 Å². The highest BCUT2D eigenvalue weighted by Gasteiger charge is 2.30. The third-order valence-corrected chi connectivity index (χ3v) is 5.04. The fourth-order valence-corrected chi connectivity index (χ4v) is 3.58. The van der Waals surface area contributed by atoms with E-state index in [0.29, 0.717) is 6.04 Å². The van der Waals surface area contributed by atoms with Crippen LogP contribution in [0.15, 0.2) is 60.7 Å². The van der Waals surface area contributed by atoms with E-state index in [4.69, 9.17) is 12.2 Å². The summed E-state index contributed by atoms with van der Waals surface area (Å²) in [6.07, 6.45) is 0. The van der Waals surface area contributed by atoms with Crippen LogP contribution in [-0.2, 0) is 0 Å². The van der Waals surface area contributed by atoms with Crippen LogP contribution in [0, 0.1) is 0 Å². The van der Waals surface area contributed by atoms with Gasteiger partial charge in [-0.05, 0) is 12.2 Å². The van der Waals surface area contributed by atoms with E-state index in [2.05, 4.69) is 70.9 Å². The first kappa shape index (κ1) is 16.0. The van der Waals surface area contributed by atoms with E-state index >= 15 is 0 Å². The van der Waals surface area contributed by atoms with E-state index in [1.54, 1.807) is 4.90 Å². The summed E-state index contributed by atoms with van der Waals surface area (Å²) >= 11 is 5.37. The number of thiocarbonyl (C=S) groups is 1. The molecule has 1 heterocycles. The number of benzene rings is 2. The van der Waals surface area contributed by atoms with Crippen molar-refractivity contribution >= 4 is 17.3 Å². The van der Waals surface area contributed by atoms with Crippen molar-refractivity contribution < 1.29 is 4.90 Å². The summed E-state index contributed by atoms with van der Waals surface area (Å²) in [5.74, 6) is 0. The Kier molecular flexibility index (Phi) is 5.26. The Labute approximate surface area is 143 Å². The topological polar surface area (TPSA) is 19.7 Å². The number of hydrogen-bond acceptors (Lipinski definition) is 1. The summed E-state index contributed by atoms with van der Waals surface area (Å²) in [5.41, 5.74) is 2.77. The van der Waals surface area contributed by atoms with Gasteiger partial charge in [0.2, 0.25) is 0 Å². The maximum absolute atomic E-state index is 5.37. The lowest BCUT2D eigenvalue weighted by Crippen LogP contribution is -3.15. The normalized spacial score (nSPS) is 15.7. The molecule has 2 aromatic rings. The third kappa shape index (κ3) is 3.71. The highest BCUT2D eigenvalue weighted by molar-refractivity contribution is 7.80. The first-order valence-corrected chi connectivity index (χ1v) is 8.61. The quantitative estimate of drug-likeness (QED) is 0.834. The average molecular weight is 326 g/mol. The molecule has 1 saturated heterocycles. The minimum absolute atomic E-state index is 0.391. The van der Waals surface area contributed by atoms with E-state index in [9.17, 15) is 0 Å². The zero-order valence-corrected chi connectivity index (χ0v) is 14.4. The molecule has 0 saturated carbocycles. The van der Waals surface area contributed by atoms with Gasteiger partial charge in [0, 0.05) is 18.2 Å². The number of hydrogen-bond donors (Lipinski definition) is 2. The Morgan fingerprint density at radius 3 is 1.87 bits per heavy atom. The first-order valence-electron chi connectivity index (χ1n) is 8.20. The Hall–Kier alpha value is -1.91. The van der Waals surface area contributed by atoms with Gasteiger partial charge in [0.15, 0.2) is 5.11 Å². The van der Waals surface area contributed by atoms with Crippen LogP contribution in [0.5, 0.6) is 0 Å². The lowest BCUT2D eigenvalue weighted by atomic mass is 9.96.